The molecule has 1 aromatic heterocycles. The lowest BCUT2D eigenvalue weighted by Gasteiger charge is -2.28. The van der Waals surface area contributed by atoms with Crippen molar-refractivity contribution >= 4 is 38.9 Å². The predicted molar refractivity (Wildman–Crippen MR) is 113 cm³/mol. The summed E-state index contributed by atoms with van der Waals surface area (Å²) in [5, 5.41) is 0.476. The average Bonchev–Trinajstić information content (AvgIpc) is 3.23. The number of halogens is 2. The van der Waals surface area contributed by atoms with E-state index in [1.54, 1.807) is 12.1 Å². The number of carbonyl (C=O) groups is 1. The second-order valence-electron chi connectivity index (χ2n) is 7.12. The zero-order valence-corrected chi connectivity index (χ0v) is 18.6. The number of benzene rings is 1. The second-order valence-corrected chi connectivity index (χ2v) is 10.2. The second kappa shape index (κ2) is 8.98. The molecule has 9 heteroatoms. The van der Waals surface area contributed by atoms with E-state index in [2.05, 4.69) is 0 Å². The maximum absolute atomic E-state index is 13.3. The van der Waals surface area contributed by atoms with Gasteiger partial charge in [0.2, 0.25) is 0 Å². The van der Waals surface area contributed by atoms with Crippen molar-refractivity contribution in [2.45, 2.75) is 39.3 Å². The van der Waals surface area contributed by atoms with Gasteiger partial charge in [-0.25, -0.2) is 8.42 Å². The fourth-order valence-corrected chi connectivity index (χ4v) is 5.64. The minimum absolute atomic E-state index is 0.0595. The minimum Gasteiger partial charge on any atom is -0.490 e. The van der Waals surface area contributed by atoms with Gasteiger partial charge in [-0.3, -0.25) is 4.79 Å². The third-order valence-electron chi connectivity index (χ3n) is 4.73. The SMILES string of the molecule is CCCOc1c(Cl)cc(C(=O)N(Cc2ccc(C)o2)[C@@H]2CCS(=O)(=O)C2)cc1Cl. The number of nitrogens with zero attached hydrogens (tertiary/aromatic N) is 1. The molecule has 1 aromatic carbocycles. The molecule has 1 amide bonds. The third-order valence-corrected chi connectivity index (χ3v) is 7.04. The molecule has 0 unspecified atom stereocenters. The molecule has 6 nitrogen and oxygen atoms in total. The first kappa shape index (κ1) is 22.0. The lowest BCUT2D eigenvalue weighted by Crippen LogP contribution is -2.40. The summed E-state index contributed by atoms with van der Waals surface area (Å²) in [5.41, 5.74) is 0.274. The number of aryl methyl sites for hydroxylation is 1. The van der Waals surface area contributed by atoms with E-state index in [-0.39, 0.29) is 39.6 Å². The van der Waals surface area contributed by atoms with Crippen LogP contribution in [-0.2, 0) is 16.4 Å². The van der Waals surface area contributed by atoms with Gasteiger partial charge in [0.1, 0.15) is 11.5 Å². The van der Waals surface area contributed by atoms with Crippen molar-refractivity contribution in [1.29, 1.82) is 0 Å². The van der Waals surface area contributed by atoms with Crippen LogP contribution >= 0.6 is 23.2 Å². The molecule has 1 aliphatic rings. The highest BCUT2D eigenvalue weighted by molar-refractivity contribution is 7.91. The van der Waals surface area contributed by atoms with E-state index >= 15 is 0 Å². The fourth-order valence-electron chi connectivity index (χ4n) is 3.32. The van der Waals surface area contributed by atoms with Crippen LogP contribution < -0.4 is 4.74 Å². The Labute approximate surface area is 180 Å². The predicted octanol–water partition coefficient (Wildman–Crippen LogP) is 4.51. The summed E-state index contributed by atoms with van der Waals surface area (Å²) in [4.78, 5) is 14.8. The number of ether oxygens (including phenoxy) is 1. The molecule has 0 saturated carbocycles. The Bertz CT molecular complexity index is 979. The van der Waals surface area contributed by atoms with Gasteiger partial charge in [-0.05, 0) is 44.0 Å². The van der Waals surface area contributed by atoms with Crippen molar-refractivity contribution in [1.82, 2.24) is 4.90 Å². The van der Waals surface area contributed by atoms with Gasteiger partial charge in [-0.1, -0.05) is 30.1 Å². The Kier molecular flexibility index (Phi) is 6.81. The van der Waals surface area contributed by atoms with Crippen LogP contribution in [0.5, 0.6) is 5.75 Å². The van der Waals surface area contributed by atoms with Crippen molar-refractivity contribution in [3.8, 4) is 5.75 Å². The van der Waals surface area contributed by atoms with E-state index in [1.165, 1.54) is 17.0 Å². The molecule has 3 rings (SSSR count). The van der Waals surface area contributed by atoms with Crippen LogP contribution in [0.25, 0.3) is 0 Å². The quantitative estimate of drug-likeness (QED) is 0.608. The van der Waals surface area contributed by atoms with Gasteiger partial charge < -0.3 is 14.1 Å². The van der Waals surface area contributed by atoms with Crippen molar-refractivity contribution in [2.75, 3.05) is 18.1 Å². The van der Waals surface area contributed by atoms with E-state index in [1.807, 2.05) is 13.8 Å². The third kappa shape index (κ3) is 5.27. The molecule has 0 N–H and O–H groups in total. The Morgan fingerprint density at radius 1 is 1.28 bits per heavy atom. The first-order chi connectivity index (χ1) is 13.7. The number of rotatable bonds is 7. The lowest BCUT2D eigenvalue weighted by atomic mass is 10.1. The Hall–Kier alpha value is -1.70. The minimum atomic E-state index is -3.17. The number of sulfone groups is 1. The molecule has 0 spiro atoms. The van der Waals surface area contributed by atoms with E-state index in [9.17, 15) is 13.2 Å². The highest BCUT2D eigenvalue weighted by Gasteiger charge is 2.36. The Morgan fingerprint density at radius 3 is 2.48 bits per heavy atom. The van der Waals surface area contributed by atoms with Crippen LogP contribution in [0.3, 0.4) is 0 Å². The van der Waals surface area contributed by atoms with Crippen LogP contribution in [0.1, 0.15) is 41.6 Å². The highest BCUT2D eigenvalue weighted by Crippen LogP contribution is 2.35. The normalized spacial score (nSPS) is 18.0. The van der Waals surface area contributed by atoms with Gasteiger partial charge >= 0.3 is 0 Å². The number of furan rings is 1. The molecule has 0 bridgehead atoms. The molecule has 1 aliphatic heterocycles. The van der Waals surface area contributed by atoms with Crippen molar-refractivity contribution < 1.29 is 22.4 Å². The van der Waals surface area contributed by atoms with Crippen LogP contribution in [0.15, 0.2) is 28.7 Å². The van der Waals surface area contributed by atoms with Gasteiger partial charge in [0.25, 0.3) is 5.91 Å². The van der Waals surface area contributed by atoms with Gasteiger partial charge in [0.15, 0.2) is 15.6 Å². The van der Waals surface area contributed by atoms with Gasteiger partial charge in [-0.2, -0.15) is 0 Å². The zero-order valence-electron chi connectivity index (χ0n) is 16.3. The molecule has 0 radical (unpaired) electrons. The molecule has 2 heterocycles. The molecular formula is C20H23Cl2NO5S. The average molecular weight is 460 g/mol. The van der Waals surface area contributed by atoms with Crippen LogP contribution in [0, 0.1) is 6.92 Å². The largest absolute Gasteiger partial charge is 0.490 e. The summed E-state index contributed by atoms with van der Waals surface area (Å²) < 4.78 is 35.1. The van der Waals surface area contributed by atoms with Gasteiger partial charge in [-0.15, -0.1) is 0 Å². The monoisotopic (exact) mass is 459 g/mol. The molecule has 158 valence electrons. The summed E-state index contributed by atoms with van der Waals surface area (Å²) in [5.74, 6) is 1.27. The van der Waals surface area contributed by atoms with Crippen LogP contribution in [0.2, 0.25) is 10.0 Å². The van der Waals surface area contributed by atoms with Gasteiger partial charge in [0, 0.05) is 11.6 Å². The van der Waals surface area contributed by atoms with Crippen LogP contribution in [0.4, 0.5) is 0 Å². The maximum atomic E-state index is 13.3. The molecule has 2 aromatic rings. The van der Waals surface area contributed by atoms with Crippen molar-refractivity contribution in [3.63, 3.8) is 0 Å². The number of hydrogen-bond donors (Lipinski definition) is 0. The lowest BCUT2D eigenvalue weighted by molar-refractivity contribution is 0.0665. The number of hydrogen-bond acceptors (Lipinski definition) is 5. The molecule has 29 heavy (non-hydrogen) atoms. The Balaban J connectivity index is 1.91. The van der Waals surface area contributed by atoms with Crippen LogP contribution in [-0.4, -0.2) is 43.4 Å². The van der Waals surface area contributed by atoms with Crippen molar-refractivity contribution in [3.05, 3.63) is 51.4 Å². The standard InChI is InChI=1S/C20H23Cl2NO5S/c1-3-7-27-19-17(21)9-14(10-18(19)22)20(24)23(11-16-5-4-13(2)28-16)15-6-8-29(25,26)12-15/h4-5,9-10,15H,3,6-8,11-12H2,1-2H3/t15-/m1/s1. The summed E-state index contributed by atoms with van der Waals surface area (Å²) >= 11 is 12.6. The van der Waals surface area contributed by atoms with E-state index in [4.69, 9.17) is 32.4 Å². The molecule has 0 aliphatic carbocycles. The first-order valence-electron chi connectivity index (χ1n) is 9.38. The summed E-state index contributed by atoms with van der Waals surface area (Å²) in [6.07, 6.45) is 1.17. The topological polar surface area (TPSA) is 76.8 Å². The summed E-state index contributed by atoms with van der Waals surface area (Å²) in [6, 6.07) is 6.15. The summed E-state index contributed by atoms with van der Waals surface area (Å²) in [7, 11) is -3.17. The molecule has 1 atom stereocenters. The van der Waals surface area contributed by atoms with E-state index < -0.39 is 15.9 Å². The zero-order chi connectivity index (χ0) is 21.2. The van der Waals surface area contributed by atoms with E-state index in [0.29, 0.717) is 24.5 Å². The molecule has 1 fully saturated rings. The fraction of sp³-hybridized carbons (Fsp3) is 0.450. The number of amides is 1. The van der Waals surface area contributed by atoms with Gasteiger partial charge in [0.05, 0.1) is 34.7 Å². The summed E-state index contributed by atoms with van der Waals surface area (Å²) in [6.45, 7) is 4.39. The van der Waals surface area contributed by atoms with Crippen molar-refractivity contribution in [2.24, 2.45) is 0 Å². The highest BCUT2D eigenvalue weighted by atomic mass is 35.5. The molecule has 1 saturated heterocycles. The maximum Gasteiger partial charge on any atom is 0.254 e. The Morgan fingerprint density at radius 2 is 1.97 bits per heavy atom. The molecular weight excluding hydrogens is 437 g/mol. The smallest absolute Gasteiger partial charge is 0.254 e. The van der Waals surface area contributed by atoms with E-state index in [0.717, 1.165) is 12.2 Å². The number of carbonyl (C=O) groups excluding carboxylic acids is 1. The first-order valence-corrected chi connectivity index (χ1v) is 12.0.